The van der Waals surface area contributed by atoms with E-state index in [-0.39, 0.29) is 17.9 Å². The van der Waals surface area contributed by atoms with Crippen molar-refractivity contribution < 1.29 is 19.1 Å². The number of anilines is 1. The molecule has 0 saturated heterocycles. The van der Waals surface area contributed by atoms with Crippen LogP contribution in [0.2, 0.25) is 0 Å². The minimum Gasteiger partial charge on any atom is -0.496 e. The summed E-state index contributed by atoms with van der Waals surface area (Å²) in [5.74, 6) is 1.44. The van der Waals surface area contributed by atoms with E-state index in [0.29, 0.717) is 25.2 Å². The maximum atomic E-state index is 12.0. The van der Waals surface area contributed by atoms with Crippen molar-refractivity contribution in [3.8, 4) is 5.75 Å². The average Bonchev–Trinajstić information content (AvgIpc) is 3.09. The molecule has 0 unspecified atom stereocenters. The van der Waals surface area contributed by atoms with Crippen LogP contribution in [0.5, 0.6) is 5.75 Å². The zero-order chi connectivity index (χ0) is 21.0. The maximum absolute atomic E-state index is 12.0. The summed E-state index contributed by atoms with van der Waals surface area (Å²) in [5, 5.41) is 12.7. The fraction of sp³-hybridized carbons (Fsp3) is 0.476. The predicted molar refractivity (Wildman–Crippen MR) is 109 cm³/mol. The second-order valence-electron chi connectivity index (χ2n) is 8.27. The first kappa shape index (κ1) is 20.7. The van der Waals surface area contributed by atoms with E-state index >= 15 is 0 Å². The molecule has 1 aromatic carbocycles. The molecule has 3 rings (SSSR count). The van der Waals surface area contributed by atoms with Gasteiger partial charge in [-0.15, -0.1) is 0 Å². The molecule has 0 bridgehead atoms. The van der Waals surface area contributed by atoms with Gasteiger partial charge in [-0.05, 0) is 18.9 Å². The molecule has 29 heavy (non-hydrogen) atoms. The molecular formula is C21H28N4O4. The third-order valence-corrected chi connectivity index (χ3v) is 4.93. The fourth-order valence-corrected chi connectivity index (χ4v) is 3.03. The minimum absolute atomic E-state index is 0.0748. The molecule has 2 amide bonds. The number of aromatic amines is 1. The van der Waals surface area contributed by atoms with Gasteiger partial charge in [-0.25, -0.2) is 4.79 Å². The second-order valence-corrected chi connectivity index (χ2v) is 8.27. The molecule has 2 aromatic rings. The number of carbonyl (C=O) groups is 2. The number of aromatic nitrogens is 2. The Morgan fingerprint density at radius 1 is 1.24 bits per heavy atom. The van der Waals surface area contributed by atoms with Gasteiger partial charge in [-0.3, -0.25) is 9.89 Å². The first-order valence-electron chi connectivity index (χ1n) is 9.69. The second kappa shape index (κ2) is 8.55. The van der Waals surface area contributed by atoms with Crippen molar-refractivity contribution in [2.24, 2.45) is 5.41 Å². The molecule has 0 aliphatic heterocycles. The van der Waals surface area contributed by atoms with Crippen LogP contribution in [-0.2, 0) is 16.1 Å². The van der Waals surface area contributed by atoms with Crippen LogP contribution >= 0.6 is 0 Å². The molecule has 1 aliphatic rings. The van der Waals surface area contributed by atoms with Crippen LogP contribution in [0, 0.1) is 5.41 Å². The number of para-hydroxylation sites is 1. The van der Waals surface area contributed by atoms with E-state index in [1.807, 2.05) is 51.1 Å². The van der Waals surface area contributed by atoms with Crippen LogP contribution in [0.4, 0.5) is 10.6 Å². The topological polar surface area (TPSA) is 105 Å². The van der Waals surface area contributed by atoms with E-state index in [2.05, 4.69) is 20.8 Å². The van der Waals surface area contributed by atoms with E-state index < -0.39 is 11.5 Å². The molecule has 156 valence electrons. The number of amides is 2. The number of hydrogen-bond donors (Lipinski definition) is 3. The van der Waals surface area contributed by atoms with Crippen LogP contribution in [0.3, 0.4) is 0 Å². The highest BCUT2D eigenvalue weighted by molar-refractivity contribution is 5.93. The van der Waals surface area contributed by atoms with Crippen molar-refractivity contribution in [1.82, 2.24) is 15.5 Å². The number of H-pyrrole nitrogens is 1. The molecule has 1 heterocycles. The van der Waals surface area contributed by atoms with E-state index in [1.54, 1.807) is 7.11 Å². The highest BCUT2D eigenvalue weighted by atomic mass is 16.6. The number of nitrogens with one attached hydrogen (secondary N) is 3. The molecule has 8 nitrogen and oxygen atoms in total. The Kier molecular flexibility index (Phi) is 6.10. The molecule has 1 saturated carbocycles. The van der Waals surface area contributed by atoms with Crippen LogP contribution in [0.25, 0.3) is 0 Å². The number of nitrogens with zero attached hydrogens (tertiary/aromatic N) is 1. The number of hydrogen-bond acceptors (Lipinski definition) is 5. The Hall–Kier alpha value is -3.03. The molecular weight excluding hydrogens is 372 g/mol. The third kappa shape index (κ3) is 5.28. The zero-order valence-electron chi connectivity index (χ0n) is 17.2. The molecule has 8 heteroatoms. The third-order valence-electron chi connectivity index (χ3n) is 4.93. The summed E-state index contributed by atoms with van der Waals surface area (Å²) in [6.45, 7) is 5.90. The number of methoxy groups -OCH3 is 1. The van der Waals surface area contributed by atoms with Crippen LogP contribution < -0.4 is 15.4 Å². The first-order valence-corrected chi connectivity index (χ1v) is 9.69. The maximum Gasteiger partial charge on any atom is 0.407 e. The summed E-state index contributed by atoms with van der Waals surface area (Å²) in [6, 6.07) is 9.35. The van der Waals surface area contributed by atoms with Crippen molar-refractivity contribution in [3.05, 3.63) is 41.6 Å². The Morgan fingerprint density at radius 2 is 1.97 bits per heavy atom. The smallest absolute Gasteiger partial charge is 0.407 e. The van der Waals surface area contributed by atoms with Gasteiger partial charge in [0, 0.05) is 29.5 Å². The molecule has 1 aliphatic carbocycles. The van der Waals surface area contributed by atoms with Gasteiger partial charge in [0.2, 0.25) is 5.91 Å². The van der Waals surface area contributed by atoms with Crippen molar-refractivity contribution >= 4 is 17.8 Å². The standard InChI is InChI=1S/C21H28N4O4/c1-21(2,3)19(26)23-18-11-16(24-25-18)14-9-15(10-14)29-20(27)22-12-13-7-5-6-8-17(13)28-4/h5-8,11,14-15H,9-10,12H2,1-4H3,(H,22,27)(H2,23,24,25,26). The Labute approximate surface area is 170 Å². The van der Waals surface area contributed by atoms with Gasteiger partial charge < -0.3 is 20.1 Å². The lowest BCUT2D eigenvalue weighted by atomic mass is 9.80. The highest BCUT2D eigenvalue weighted by Gasteiger charge is 2.35. The highest BCUT2D eigenvalue weighted by Crippen LogP contribution is 2.38. The Balaban J connectivity index is 1.42. The lowest BCUT2D eigenvalue weighted by Gasteiger charge is -2.33. The van der Waals surface area contributed by atoms with Gasteiger partial charge in [0.05, 0.1) is 12.8 Å². The molecule has 1 aromatic heterocycles. The van der Waals surface area contributed by atoms with E-state index in [1.165, 1.54) is 0 Å². The van der Waals surface area contributed by atoms with Gasteiger partial charge in [-0.1, -0.05) is 39.0 Å². The number of ether oxygens (including phenoxy) is 2. The summed E-state index contributed by atoms with van der Waals surface area (Å²) in [5.41, 5.74) is 1.28. The van der Waals surface area contributed by atoms with E-state index in [9.17, 15) is 9.59 Å². The fourth-order valence-electron chi connectivity index (χ4n) is 3.03. The summed E-state index contributed by atoms with van der Waals surface area (Å²) in [4.78, 5) is 24.1. The number of alkyl carbamates (subject to hydrolysis) is 1. The zero-order valence-corrected chi connectivity index (χ0v) is 17.2. The predicted octanol–water partition coefficient (Wildman–Crippen LogP) is 3.58. The van der Waals surface area contributed by atoms with Gasteiger partial charge in [0.25, 0.3) is 0 Å². The SMILES string of the molecule is COc1ccccc1CNC(=O)OC1CC(c2cc(NC(=O)C(C)(C)C)[nH]n2)C1. The molecule has 3 N–H and O–H groups in total. The Morgan fingerprint density at radius 3 is 2.66 bits per heavy atom. The van der Waals surface area contributed by atoms with Crippen molar-refractivity contribution in [1.29, 1.82) is 0 Å². The quantitative estimate of drug-likeness (QED) is 0.687. The number of benzene rings is 1. The lowest BCUT2D eigenvalue weighted by Crippen LogP contribution is -2.36. The van der Waals surface area contributed by atoms with Crippen LogP contribution in [0.15, 0.2) is 30.3 Å². The normalized spacial score (nSPS) is 18.5. The average molecular weight is 400 g/mol. The number of rotatable bonds is 6. The van der Waals surface area contributed by atoms with Crippen molar-refractivity contribution in [2.75, 3.05) is 12.4 Å². The van der Waals surface area contributed by atoms with Crippen LogP contribution in [-0.4, -0.2) is 35.4 Å². The lowest BCUT2D eigenvalue weighted by molar-refractivity contribution is -0.123. The largest absolute Gasteiger partial charge is 0.496 e. The molecule has 0 atom stereocenters. The minimum atomic E-state index is -0.474. The molecule has 0 spiro atoms. The van der Waals surface area contributed by atoms with Crippen molar-refractivity contribution in [2.45, 2.75) is 52.2 Å². The molecule has 0 radical (unpaired) electrons. The number of carbonyl (C=O) groups excluding carboxylic acids is 2. The summed E-state index contributed by atoms with van der Waals surface area (Å²) in [6.07, 6.45) is 0.834. The van der Waals surface area contributed by atoms with Gasteiger partial charge >= 0.3 is 6.09 Å². The van der Waals surface area contributed by atoms with Crippen molar-refractivity contribution in [3.63, 3.8) is 0 Å². The first-order chi connectivity index (χ1) is 13.8. The summed E-state index contributed by atoms with van der Waals surface area (Å²) < 4.78 is 10.7. The van der Waals surface area contributed by atoms with E-state index in [0.717, 1.165) is 17.0 Å². The summed E-state index contributed by atoms with van der Waals surface area (Å²) >= 11 is 0. The monoisotopic (exact) mass is 400 g/mol. The van der Waals surface area contributed by atoms with Gasteiger partial charge in [-0.2, -0.15) is 5.10 Å². The van der Waals surface area contributed by atoms with Gasteiger partial charge in [0.15, 0.2) is 0 Å². The van der Waals surface area contributed by atoms with Crippen LogP contribution in [0.1, 0.15) is 50.8 Å². The Bertz CT molecular complexity index is 866. The van der Waals surface area contributed by atoms with E-state index in [4.69, 9.17) is 9.47 Å². The summed E-state index contributed by atoms with van der Waals surface area (Å²) in [7, 11) is 1.60. The molecule has 1 fully saturated rings. The van der Waals surface area contributed by atoms with Gasteiger partial charge in [0.1, 0.15) is 17.7 Å².